The first kappa shape index (κ1) is 12.8. The molecule has 0 bridgehead atoms. The van der Waals surface area contributed by atoms with Crippen LogP contribution in [0.5, 0.6) is 0 Å². The Balaban J connectivity index is 0.000000123. The van der Waals surface area contributed by atoms with Gasteiger partial charge in [0.15, 0.2) is 0 Å². The summed E-state index contributed by atoms with van der Waals surface area (Å²) in [6.07, 6.45) is 4.25. The summed E-state index contributed by atoms with van der Waals surface area (Å²) in [6.45, 7) is 5.96. The van der Waals surface area contributed by atoms with Crippen LogP contribution < -0.4 is 10.6 Å². The Morgan fingerprint density at radius 3 is 2.45 bits per heavy atom. The third-order valence-electron chi connectivity index (χ3n) is 3.85. The minimum Gasteiger partial charge on any atom is -0.384 e. The highest BCUT2D eigenvalue weighted by molar-refractivity contribution is 5.66. The molecule has 2 N–H and O–H groups in total. The lowest BCUT2D eigenvalue weighted by molar-refractivity contribution is 1.10. The molecule has 0 amide bonds. The summed E-state index contributed by atoms with van der Waals surface area (Å²) in [5.41, 5.74) is 6.74. The Morgan fingerprint density at radius 2 is 1.60 bits per heavy atom. The standard InChI is InChI=1S/C10H11N.C8H9N/c1-2-8-4-3-5-10-9(8)6-7-11-10;1-2-4-8-7(3-1)5-6-9-8/h2-5,11H,1,6-7H2;1-4,9H,5-6H2. The van der Waals surface area contributed by atoms with E-state index in [1.165, 1.54) is 34.5 Å². The van der Waals surface area contributed by atoms with Crippen molar-refractivity contribution in [1.82, 2.24) is 0 Å². The van der Waals surface area contributed by atoms with Gasteiger partial charge in [-0.3, -0.25) is 0 Å². The van der Waals surface area contributed by atoms with Crippen LogP contribution in [0.3, 0.4) is 0 Å². The van der Waals surface area contributed by atoms with Crippen molar-refractivity contribution in [3.8, 4) is 0 Å². The molecule has 0 aromatic heterocycles. The summed E-state index contributed by atoms with van der Waals surface area (Å²) in [5, 5.41) is 6.63. The van der Waals surface area contributed by atoms with Gasteiger partial charge in [-0.2, -0.15) is 0 Å². The summed E-state index contributed by atoms with van der Waals surface area (Å²) < 4.78 is 0. The average Bonchev–Trinajstić information content (AvgIpc) is 3.16. The van der Waals surface area contributed by atoms with Crippen LogP contribution >= 0.6 is 0 Å². The van der Waals surface area contributed by atoms with Crippen molar-refractivity contribution in [2.75, 3.05) is 23.7 Å². The lowest BCUT2D eigenvalue weighted by atomic mass is 10.1. The molecule has 2 aromatic carbocycles. The first-order valence-electron chi connectivity index (χ1n) is 7.18. The first-order chi connectivity index (χ1) is 9.88. The van der Waals surface area contributed by atoms with Gasteiger partial charge in [0.25, 0.3) is 0 Å². The normalized spacial score (nSPS) is 14.2. The van der Waals surface area contributed by atoms with E-state index < -0.39 is 0 Å². The predicted molar refractivity (Wildman–Crippen MR) is 87.4 cm³/mol. The fourth-order valence-electron chi connectivity index (χ4n) is 2.81. The molecule has 2 aliphatic rings. The van der Waals surface area contributed by atoms with Gasteiger partial charge in [-0.15, -0.1) is 0 Å². The lowest BCUT2D eigenvalue weighted by Gasteiger charge is -2.01. The van der Waals surface area contributed by atoms with E-state index in [2.05, 4.69) is 59.7 Å². The zero-order valence-electron chi connectivity index (χ0n) is 11.7. The second-order valence-corrected chi connectivity index (χ2v) is 5.09. The van der Waals surface area contributed by atoms with Crippen LogP contribution in [0.15, 0.2) is 49.0 Å². The summed E-state index contributed by atoms with van der Waals surface area (Å²) in [6, 6.07) is 14.8. The van der Waals surface area contributed by atoms with E-state index in [1.54, 1.807) is 0 Å². The van der Waals surface area contributed by atoms with Gasteiger partial charge in [0.1, 0.15) is 0 Å². The number of anilines is 2. The van der Waals surface area contributed by atoms with Crippen LogP contribution in [0.25, 0.3) is 6.08 Å². The minimum absolute atomic E-state index is 1.07. The number of fused-ring (bicyclic) bond motifs is 2. The second-order valence-electron chi connectivity index (χ2n) is 5.09. The molecule has 0 saturated heterocycles. The van der Waals surface area contributed by atoms with Gasteiger partial charge >= 0.3 is 0 Å². The molecule has 0 fully saturated rings. The minimum atomic E-state index is 1.07. The highest BCUT2D eigenvalue weighted by Gasteiger charge is 2.10. The van der Waals surface area contributed by atoms with Gasteiger partial charge in [0, 0.05) is 24.5 Å². The molecular formula is C18H20N2. The Hall–Kier alpha value is -2.22. The smallest absolute Gasteiger partial charge is 0.0379 e. The first-order valence-corrected chi connectivity index (χ1v) is 7.18. The Morgan fingerprint density at radius 1 is 0.850 bits per heavy atom. The largest absolute Gasteiger partial charge is 0.384 e. The third kappa shape index (κ3) is 2.55. The van der Waals surface area contributed by atoms with Crippen LogP contribution in [-0.4, -0.2) is 13.1 Å². The van der Waals surface area contributed by atoms with E-state index in [0.29, 0.717) is 0 Å². The number of rotatable bonds is 1. The van der Waals surface area contributed by atoms with E-state index in [4.69, 9.17) is 0 Å². The summed E-state index contributed by atoms with van der Waals surface area (Å²) in [5.74, 6) is 0. The Kier molecular flexibility index (Phi) is 3.73. The Bertz CT molecular complexity index is 594. The molecule has 2 heteroatoms. The number of hydrogen-bond donors (Lipinski definition) is 2. The number of para-hydroxylation sites is 1. The average molecular weight is 264 g/mol. The molecule has 2 heterocycles. The van der Waals surface area contributed by atoms with Crippen LogP contribution in [-0.2, 0) is 12.8 Å². The van der Waals surface area contributed by atoms with Crippen molar-refractivity contribution >= 4 is 17.5 Å². The van der Waals surface area contributed by atoms with Gasteiger partial charge in [-0.25, -0.2) is 0 Å². The van der Waals surface area contributed by atoms with Crippen LogP contribution in [0.4, 0.5) is 11.4 Å². The number of benzene rings is 2. The van der Waals surface area contributed by atoms with Crippen LogP contribution in [0.2, 0.25) is 0 Å². The van der Waals surface area contributed by atoms with Gasteiger partial charge in [-0.1, -0.05) is 43.0 Å². The topological polar surface area (TPSA) is 24.1 Å². The molecule has 0 spiro atoms. The summed E-state index contributed by atoms with van der Waals surface area (Å²) in [7, 11) is 0. The number of hydrogen-bond acceptors (Lipinski definition) is 2. The molecule has 0 radical (unpaired) electrons. The number of nitrogens with one attached hydrogen (secondary N) is 2. The quantitative estimate of drug-likeness (QED) is 0.815. The maximum atomic E-state index is 3.78. The lowest BCUT2D eigenvalue weighted by Crippen LogP contribution is -1.90. The van der Waals surface area contributed by atoms with Crippen LogP contribution in [0.1, 0.15) is 16.7 Å². The fourth-order valence-corrected chi connectivity index (χ4v) is 2.81. The molecule has 0 saturated carbocycles. The molecule has 0 aliphatic carbocycles. The van der Waals surface area contributed by atoms with Gasteiger partial charge in [0.2, 0.25) is 0 Å². The molecule has 2 aliphatic heterocycles. The van der Waals surface area contributed by atoms with Crippen molar-refractivity contribution in [1.29, 1.82) is 0 Å². The van der Waals surface area contributed by atoms with Crippen LogP contribution in [0, 0.1) is 0 Å². The molecule has 0 atom stereocenters. The summed E-state index contributed by atoms with van der Waals surface area (Å²) >= 11 is 0. The van der Waals surface area contributed by atoms with Gasteiger partial charge < -0.3 is 10.6 Å². The van der Waals surface area contributed by atoms with Crippen molar-refractivity contribution in [2.45, 2.75) is 12.8 Å². The zero-order chi connectivity index (χ0) is 13.8. The SMILES string of the molecule is C=Cc1cccc2c1CCN2.c1ccc2c(c1)CCN2. The monoisotopic (exact) mass is 264 g/mol. The third-order valence-corrected chi connectivity index (χ3v) is 3.85. The van der Waals surface area contributed by atoms with E-state index in [1.807, 2.05) is 6.08 Å². The molecule has 102 valence electrons. The van der Waals surface area contributed by atoms with E-state index in [-0.39, 0.29) is 0 Å². The molecule has 4 rings (SSSR count). The molecule has 2 aromatic rings. The van der Waals surface area contributed by atoms with E-state index in [0.717, 1.165) is 19.5 Å². The predicted octanol–water partition coefficient (Wildman–Crippen LogP) is 3.95. The van der Waals surface area contributed by atoms with E-state index >= 15 is 0 Å². The van der Waals surface area contributed by atoms with E-state index in [9.17, 15) is 0 Å². The fraction of sp³-hybridized carbons (Fsp3) is 0.222. The highest BCUT2D eigenvalue weighted by Crippen LogP contribution is 2.25. The van der Waals surface area contributed by atoms with Crippen molar-refractivity contribution in [3.63, 3.8) is 0 Å². The van der Waals surface area contributed by atoms with Crippen molar-refractivity contribution < 1.29 is 0 Å². The zero-order valence-corrected chi connectivity index (χ0v) is 11.7. The van der Waals surface area contributed by atoms with Gasteiger partial charge in [-0.05, 0) is 41.7 Å². The maximum absolute atomic E-state index is 3.78. The maximum Gasteiger partial charge on any atom is 0.0379 e. The Labute approximate surface area is 120 Å². The van der Waals surface area contributed by atoms with Gasteiger partial charge in [0.05, 0.1) is 0 Å². The molecule has 20 heavy (non-hydrogen) atoms. The molecule has 2 nitrogen and oxygen atoms in total. The molecule has 0 unspecified atom stereocenters. The van der Waals surface area contributed by atoms with Crippen molar-refractivity contribution in [3.05, 3.63) is 65.7 Å². The molecular weight excluding hydrogens is 244 g/mol. The summed E-state index contributed by atoms with van der Waals surface area (Å²) in [4.78, 5) is 0. The van der Waals surface area contributed by atoms with Crippen molar-refractivity contribution in [2.24, 2.45) is 0 Å². The second kappa shape index (κ2) is 5.83. The highest BCUT2D eigenvalue weighted by atomic mass is 14.9.